The van der Waals surface area contributed by atoms with Crippen LogP contribution in [-0.4, -0.2) is 6.61 Å². The van der Waals surface area contributed by atoms with Crippen LogP contribution in [-0.2, 0) is 12.8 Å². The molecular weight excluding hydrogens is 244 g/mol. The van der Waals surface area contributed by atoms with Crippen molar-refractivity contribution in [3.63, 3.8) is 0 Å². The lowest BCUT2D eigenvalue weighted by atomic mass is 10.1. The summed E-state index contributed by atoms with van der Waals surface area (Å²) >= 11 is 5.84. The van der Waals surface area contributed by atoms with E-state index in [9.17, 15) is 0 Å². The molecule has 2 aromatic rings. The summed E-state index contributed by atoms with van der Waals surface area (Å²) in [5.74, 6) is 0.932. The standard InChI is InChI=1S/C16H17ClO/c1-2-13-5-9-16(10-6-13)18-12-11-14-3-7-15(17)8-4-14/h3-10H,2,11-12H2,1H3. The predicted molar refractivity (Wildman–Crippen MR) is 76.5 cm³/mol. The number of hydrogen-bond donors (Lipinski definition) is 0. The van der Waals surface area contributed by atoms with Gasteiger partial charge < -0.3 is 4.74 Å². The smallest absolute Gasteiger partial charge is 0.119 e. The van der Waals surface area contributed by atoms with Crippen LogP contribution in [0.4, 0.5) is 0 Å². The van der Waals surface area contributed by atoms with Gasteiger partial charge in [0.25, 0.3) is 0 Å². The zero-order chi connectivity index (χ0) is 12.8. The van der Waals surface area contributed by atoms with Gasteiger partial charge >= 0.3 is 0 Å². The summed E-state index contributed by atoms with van der Waals surface area (Å²) in [6, 6.07) is 16.2. The van der Waals surface area contributed by atoms with Crippen molar-refractivity contribution in [3.8, 4) is 5.75 Å². The molecule has 0 aliphatic carbocycles. The molecule has 0 amide bonds. The Kier molecular flexibility index (Phi) is 4.66. The minimum absolute atomic E-state index is 0.688. The quantitative estimate of drug-likeness (QED) is 0.768. The third-order valence-corrected chi connectivity index (χ3v) is 3.16. The van der Waals surface area contributed by atoms with Crippen LogP contribution in [0.3, 0.4) is 0 Å². The molecule has 0 atom stereocenters. The van der Waals surface area contributed by atoms with E-state index in [-0.39, 0.29) is 0 Å². The molecule has 0 unspecified atom stereocenters. The molecule has 2 rings (SSSR count). The molecule has 0 saturated carbocycles. The number of aryl methyl sites for hydroxylation is 1. The van der Waals surface area contributed by atoms with E-state index in [1.807, 2.05) is 36.4 Å². The van der Waals surface area contributed by atoms with E-state index in [0.717, 1.165) is 23.6 Å². The van der Waals surface area contributed by atoms with Gasteiger partial charge in [-0.1, -0.05) is 42.8 Å². The Morgan fingerprint density at radius 1 is 0.889 bits per heavy atom. The van der Waals surface area contributed by atoms with Gasteiger partial charge in [0, 0.05) is 11.4 Å². The first-order chi connectivity index (χ1) is 8.78. The van der Waals surface area contributed by atoms with E-state index in [2.05, 4.69) is 19.1 Å². The minimum atomic E-state index is 0.688. The average Bonchev–Trinajstić information content (AvgIpc) is 2.42. The van der Waals surface area contributed by atoms with Crippen LogP contribution in [0.15, 0.2) is 48.5 Å². The second-order valence-electron chi connectivity index (χ2n) is 4.22. The van der Waals surface area contributed by atoms with E-state index in [0.29, 0.717) is 6.61 Å². The molecule has 0 saturated heterocycles. The van der Waals surface area contributed by atoms with Gasteiger partial charge in [-0.15, -0.1) is 0 Å². The zero-order valence-corrected chi connectivity index (χ0v) is 11.3. The van der Waals surface area contributed by atoms with Gasteiger partial charge in [0.1, 0.15) is 5.75 Å². The van der Waals surface area contributed by atoms with Gasteiger partial charge in [0.15, 0.2) is 0 Å². The SMILES string of the molecule is CCc1ccc(OCCc2ccc(Cl)cc2)cc1. The van der Waals surface area contributed by atoms with Crippen molar-refractivity contribution in [2.75, 3.05) is 6.61 Å². The Balaban J connectivity index is 1.82. The highest BCUT2D eigenvalue weighted by Gasteiger charge is 1.96. The molecule has 2 aromatic carbocycles. The van der Waals surface area contributed by atoms with Crippen molar-refractivity contribution in [2.24, 2.45) is 0 Å². The lowest BCUT2D eigenvalue weighted by Crippen LogP contribution is -2.01. The fraction of sp³-hybridized carbons (Fsp3) is 0.250. The van der Waals surface area contributed by atoms with Crippen molar-refractivity contribution >= 4 is 11.6 Å². The van der Waals surface area contributed by atoms with Crippen molar-refractivity contribution < 1.29 is 4.74 Å². The molecule has 2 heteroatoms. The molecule has 0 aliphatic rings. The van der Waals surface area contributed by atoms with Crippen LogP contribution in [0, 0.1) is 0 Å². The van der Waals surface area contributed by atoms with Crippen LogP contribution < -0.4 is 4.74 Å². The summed E-state index contributed by atoms with van der Waals surface area (Å²) in [5, 5.41) is 0.773. The van der Waals surface area contributed by atoms with E-state index in [4.69, 9.17) is 16.3 Å². The van der Waals surface area contributed by atoms with Gasteiger partial charge in [0.2, 0.25) is 0 Å². The molecule has 18 heavy (non-hydrogen) atoms. The fourth-order valence-electron chi connectivity index (χ4n) is 1.76. The number of hydrogen-bond acceptors (Lipinski definition) is 1. The highest BCUT2D eigenvalue weighted by molar-refractivity contribution is 6.30. The monoisotopic (exact) mass is 260 g/mol. The van der Waals surface area contributed by atoms with Gasteiger partial charge in [-0.2, -0.15) is 0 Å². The average molecular weight is 261 g/mol. The maximum Gasteiger partial charge on any atom is 0.119 e. The first-order valence-corrected chi connectivity index (χ1v) is 6.62. The summed E-state index contributed by atoms with van der Waals surface area (Å²) in [7, 11) is 0. The first kappa shape index (κ1) is 13.0. The Morgan fingerprint density at radius 2 is 1.50 bits per heavy atom. The minimum Gasteiger partial charge on any atom is -0.493 e. The molecule has 0 fully saturated rings. The maximum absolute atomic E-state index is 5.84. The number of benzene rings is 2. The van der Waals surface area contributed by atoms with E-state index in [1.165, 1.54) is 11.1 Å². The zero-order valence-electron chi connectivity index (χ0n) is 10.5. The molecule has 0 spiro atoms. The van der Waals surface area contributed by atoms with Crippen molar-refractivity contribution in [2.45, 2.75) is 19.8 Å². The Morgan fingerprint density at radius 3 is 2.11 bits per heavy atom. The summed E-state index contributed by atoms with van der Waals surface area (Å²) in [6.07, 6.45) is 1.96. The Bertz CT molecular complexity index is 473. The van der Waals surface area contributed by atoms with Crippen LogP contribution in [0.25, 0.3) is 0 Å². The summed E-state index contributed by atoms with van der Waals surface area (Å²) < 4.78 is 5.71. The Labute approximate surface area is 113 Å². The molecular formula is C16H17ClO. The van der Waals surface area contributed by atoms with E-state index >= 15 is 0 Å². The molecule has 0 heterocycles. The van der Waals surface area contributed by atoms with Crippen molar-refractivity contribution in [1.82, 2.24) is 0 Å². The normalized spacial score (nSPS) is 10.3. The lowest BCUT2D eigenvalue weighted by Gasteiger charge is -2.07. The molecule has 1 nitrogen and oxygen atoms in total. The van der Waals surface area contributed by atoms with Crippen LogP contribution in [0.1, 0.15) is 18.1 Å². The largest absolute Gasteiger partial charge is 0.493 e. The topological polar surface area (TPSA) is 9.23 Å². The molecule has 0 N–H and O–H groups in total. The molecule has 94 valence electrons. The van der Waals surface area contributed by atoms with Crippen LogP contribution >= 0.6 is 11.6 Å². The third-order valence-electron chi connectivity index (χ3n) is 2.90. The van der Waals surface area contributed by atoms with Gasteiger partial charge in [-0.3, -0.25) is 0 Å². The van der Waals surface area contributed by atoms with Gasteiger partial charge in [-0.05, 0) is 41.8 Å². The highest BCUT2D eigenvalue weighted by Crippen LogP contribution is 2.14. The fourth-order valence-corrected chi connectivity index (χ4v) is 1.89. The van der Waals surface area contributed by atoms with Gasteiger partial charge in [-0.25, -0.2) is 0 Å². The summed E-state index contributed by atoms with van der Waals surface area (Å²) in [5.41, 5.74) is 2.57. The molecule has 0 bridgehead atoms. The first-order valence-electron chi connectivity index (χ1n) is 6.24. The predicted octanol–water partition coefficient (Wildman–Crippen LogP) is 4.52. The number of halogens is 1. The second-order valence-corrected chi connectivity index (χ2v) is 4.66. The number of rotatable bonds is 5. The van der Waals surface area contributed by atoms with Crippen molar-refractivity contribution in [3.05, 3.63) is 64.7 Å². The Hall–Kier alpha value is -1.47. The molecule has 0 aromatic heterocycles. The van der Waals surface area contributed by atoms with Crippen LogP contribution in [0.5, 0.6) is 5.75 Å². The molecule has 0 aliphatic heterocycles. The second kappa shape index (κ2) is 6.46. The maximum atomic E-state index is 5.84. The summed E-state index contributed by atoms with van der Waals surface area (Å²) in [4.78, 5) is 0. The lowest BCUT2D eigenvalue weighted by molar-refractivity contribution is 0.322. The molecule has 0 radical (unpaired) electrons. The van der Waals surface area contributed by atoms with Gasteiger partial charge in [0.05, 0.1) is 6.61 Å². The van der Waals surface area contributed by atoms with Crippen molar-refractivity contribution in [1.29, 1.82) is 0 Å². The van der Waals surface area contributed by atoms with E-state index in [1.54, 1.807) is 0 Å². The van der Waals surface area contributed by atoms with E-state index < -0.39 is 0 Å². The number of ether oxygens (including phenoxy) is 1. The third kappa shape index (κ3) is 3.78. The summed E-state index contributed by atoms with van der Waals surface area (Å²) in [6.45, 7) is 2.84. The van der Waals surface area contributed by atoms with Crippen LogP contribution in [0.2, 0.25) is 5.02 Å². The highest BCUT2D eigenvalue weighted by atomic mass is 35.5.